The molecule has 0 atom stereocenters. The highest BCUT2D eigenvalue weighted by molar-refractivity contribution is 6.30. The summed E-state index contributed by atoms with van der Waals surface area (Å²) >= 11 is 5.94. The molecule has 1 aliphatic heterocycles. The molecule has 19 heavy (non-hydrogen) atoms. The minimum Gasteiger partial charge on any atom is -0.436 e. The van der Waals surface area contributed by atoms with Gasteiger partial charge in [-0.2, -0.15) is 0 Å². The van der Waals surface area contributed by atoms with Crippen LogP contribution in [-0.4, -0.2) is 23.1 Å². The van der Waals surface area contributed by atoms with Gasteiger partial charge in [0.25, 0.3) is 0 Å². The van der Waals surface area contributed by atoms with Gasteiger partial charge in [-0.15, -0.1) is 4.58 Å². The maximum Gasteiger partial charge on any atom is 0.339 e. The van der Waals surface area contributed by atoms with E-state index in [9.17, 15) is 0 Å². The first-order valence-electron chi connectivity index (χ1n) is 6.81. The average molecular weight is 275 g/mol. The Morgan fingerprint density at radius 2 is 2.05 bits per heavy atom. The van der Waals surface area contributed by atoms with Gasteiger partial charge in [0.2, 0.25) is 12.6 Å². The third-order valence-electron chi connectivity index (χ3n) is 3.82. The van der Waals surface area contributed by atoms with E-state index in [0.29, 0.717) is 0 Å². The van der Waals surface area contributed by atoms with Gasteiger partial charge >= 0.3 is 6.40 Å². The van der Waals surface area contributed by atoms with Crippen LogP contribution in [0.2, 0.25) is 5.02 Å². The van der Waals surface area contributed by atoms with Crippen LogP contribution in [0.3, 0.4) is 0 Å². The van der Waals surface area contributed by atoms with Crippen LogP contribution in [0.4, 0.5) is 0 Å². The zero-order valence-corrected chi connectivity index (χ0v) is 11.6. The quantitative estimate of drug-likeness (QED) is 0.522. The molecule has 2 nitrogen and oxygen atoms in total. The summed E-state index contributed by atoms with van der Waals surface area (Å²) in [6, 6.07) is 10.8. The summed E-state index contributed by atoms with van der Waals surface area (Å²) in [6.45, 7) is 0.889. The van der Waals surface area contributed by atoms with Crippen molar-refractivity contribution in [1.29, 1.82) is 0 Å². The molecule has 1 saturated carbocycles. The van der Waals surface area contributed by atoms with Gasteiger partial charge in [0, 0.05) is 16.5 Å². The topological polar surface area (TPSA) is 12.2 Å². The van der Waals surface area contributed by atoms with Crippen molar-refractivity contribution in [3.63, 3.8) is 0 Å². The second kappa shape index (κ2) is 5.27. The average Bonchev–Trinajstić information content (AvgIpc) is 2.80. The van der Waals surface area contributed by atoms with E-state index in [1.54, 1.807) is 6.40 Å². The molecule has 1 aliphatic carbocycles. The Morgan fingerprint density at radius 3 is 2.84 bits per heavy atom. The number of hydrogen-bond acceptors (Lipinski definition) is 1. The zero-order chi connectivity index (χ0) is 13.1. The van der Waals surface area contributed by atoms with Crippen molar-refractivity contribution in [2.24, 2.45) is 0 Å². The predicted molar refractivity (Wildman–Crippen MR) is 76.4 cm³/mol. The standard InChI is InChI=1S/C16H17ClNO/c17-15-6-4-5-14(11-15)7-10-18-12-16(19-13-18)8-2-1-3-9-16/h4-6,11,13H,1-3,8-9,12H2/q+1. The molecule has 0 unspecified atom stereocenters. The molecular weight excluding hydrogens is 258 g/mol. The van der Waals surface area contributed by atoms with E-state index >= 15 is 0 Å². The van der Waals surface area contributed by atoms with E-state index in [1.165, 1.54) is 19.3 Å². The molecule has 0 saturated heterocycles. The maximum atomic E-state index is 5.94. The van der Waals surface area contributed by atoms with E-state index in [-0.39, 0.29) is 5.60 Å². The smallest absolute Gasteiger partial charge is 0.339 e. The summed E-state index contributed by atoms with van der Waals surface area (Å²) in [7, 11) is 0. The molecule has 3 rings (SSSR count). The summed E-state index contributed by atoms with van der Waals surface area (Å²) < 4.78 is 7.84. The third kappa shape index (κ3) is 2.93. The van der Waals surface area contributed by atoms with Crippen molar-refractivity contribution in [1.82, 2.24) is 0 Å². The van der Waals surface area contributed by atoms with Crippen molar-refractivity contribution < 1.29 is 9.31 Å². The number of ether oxygens (including phenoxy) is 1. The van der Waals surface area contributed by atoms with E-state index in [2.05, 4.69) is 12.0 Å². The van der Waals surface area contributed by atoms with E-state index in [1.807, 2.05) is 28.8 Å². The summed E-state index contributed by atoms with van der Waals surface area (Å²) in [4.78, 5) is 0. The Balaban J connectivity index is 1.69. The van der Waals surface area contributed by atoms with Gasteiger partial charge in [-0.05, 0) is 43.9 Å². The molecule has 1 aromatic rings. The lowest BCUT2D eigenvalue weighted by Crippen LogP contribution is -2.36. The second-order valence-corrected chi connectivity index (χ2v) is 5.78. The lowest BCUT2D eigenvalue weighted by atomic mass is 9.85. The van der Waals surface area contributed by atoms with Crippen LogP contribution in [-0.2, 0) is 4.74 Å². The molecule has 0 N–H and O–H groups in total. The minimum absolute atomic E-state index is 0.0290. The van der Waals surface area contributed by atoms with Gasteiger partial charge in [-0.25, -0.2) is 0 Å². The fourth-order valence-corrected chi connectivity index (χ4v) is 2.99. The number of halogens is 1. The highest BCUT2D eigenvalue weighted by atomic mass is 35.5. The molecule has 0 aromatic heterocycles. The third-order valence-corrected chi connectivity index (χ3v) is 4.06. The van der Waals surface area contributed by atoms with Crippen LogP contribution < -0.4 is 0 Å². The summed E-state index contributed by atoms with van der Waals surface area (Å²) in [5.74, 6) is 3.13. The Morgan fingerprint density at radius 1 is 1.21 bits per heavy atom. The van der Waals surface area contributed by atoms with E-state index in [4.69, 9.17) is 16.3 Å². The van der Waals surface area contributed by atoms with Crippen LogP contribution in [0.1, 0.15) is 37.7 Å². The van der Waals surface area contributed by atoms with Crippen LogP contribution in [0.5, 0.6) is 0 Å². The van der Waals surface area contributed by atoms with Gasteiger partial charge in [0.1, 0.15) is 0 Å². The molecule has 3 heteroatoms. The number of rotatable bonds is 0. The van der Waals surface area contributed by atoms with Gasteiger partial charge in [-0.1, -0.05) is 24.1 Å². The van der Waals surface area contributed by atoms with E-state index < -0.39 is 0 Å². The van der Waals surface area contributed by atoms with Crippen molar-refractivity contribution in [2.75, 3.05) is 6.54 Å². The molecule has 1 heterocycles. The Bertz CT molecular complexity index is 562. The van der Waals surface area contributed by atoms with Crippen molar-refractivity contribution in [3.8, 4) is 12.0 Å². The normalized spacial score (nSPS) is 20.4. The summed E-state index contributed by atoms with van der Waals surface area (Å²) in [5, 5.41) is 0.720. The molecule has 0 radical (unpaired) electrons. The van der Waals surface area contributed by atoms with Gasteiger partial charge in [-0.3, -0.25) is 0 Å². The van der Waals surface area contributed by atoms with Crippen LogP contribution in [0.25, 0.3) is 0 Å². The summed E-state index contributed by atoms with van der Waals surface area (Å²) in [5.41, 5.74) is 0.965. The Labute approximate surface area is 119 Å². The fraction of sp³-hybridized carbons (Fsp3) is 0.438. The number of hydrogen-bond donors (Lipinski definition) is 0. The molecule has 1 spiro atoms. The minimum atomic E-state index is 0.0290. The predicted octanol–water partition coefficient (Wildman–Crippen LogP) is 3.42. The SMILES string of the molecule is Clc1cccc(C#C[N+]2=COC3(CCCCC3)C2)c1. The number of nitrogens with zero attached hydrogens (tertiary/aromatic N) is 1. The molecule has 1 aromatic carbocycles. The molecular formula is C16H17ClNO+. The first kappa shape index (κ1) is 12.6. The van der Waals surface area contributed by atoms with Crippen molar-refractivity contribution >= 4 is 18.0 Å². The lowest BCUT2D eigenvalue weighted by Gasteiger charge is -2.28. The van der Waals surface area contributed by atoms with Crippen molar-refractivity contribution in [3.05, 3.63) is 34.9 Å². The maximum absolute atomic E-state index is 5.94. The number of benzene rings is 1. The fourth-order valence-electron chi connectivity index (χ4n) is 2.80. The molecule has 1 fully saturated rings. The van der Waals surface area contributed by atoms with Gasteiger partial charge in [0.05, 0.1) is 0 Å². The first-order valence-corrected chi connectivity index (χ1v) is 7.19. The zero-order valence-electron chi connectivity index (χ0n) is 10.9. The van der Waals surface area contributed by atoms with Crippen LogP contribution in [0.15, 0.2) is 24.3 Å². The van der Waals surface area contributed by atoms with Crippen molar-refractivity contribution in [2.45, 2.75) is 37.7 Å². The van der Waals surface area contributed by atoms with Gasteiger partial charge in [0.15, 0.2) is 5.60 Å². The molecule has 98 valence electrons. The van der Waals surface area contributed by atoms with Gasteiger partial charge < -0.3 is 4.74 Å². The Hall–Kier alpha value is -1.46. The van der Waals surface area contributed by atoms with Crippen LogP contribution >= 0.6 is 11.6 Å². The Kier molecular flexibility index (Phi) is 3.48. The van der Waals surface area contributed by atoms with E-state index in [0.717, 1.165) is 30.0 Å². The largest absolute Gasteiger partial charge is 0.436 e. The lowest BCUT2D eigenvalue weighted by molar-refractivity contribution is -0.430. The molecule has 2 aliphatic rings. The summed E-state index contributed by atoms with van der Waals surface area (Å²) in [6.07, 6.45) is 7.95. The first-order chi connectivity index (χ1) is 9.26. The van der Waals surface area contributed by atoms with Crippen LogP contribution in [0, 0.1) is 12.0 Å². The highest BCUT2D eigenvalue weighted by Gasteiger charge is 2.42. The second-order valence-electron chi connectivity index (χ2n) is 5.34. The monoisotopic (exact) mass is 274 g/mol. The molecule has 0 bridgehead atoms. The highest BCUT2D eigenvalue weighted by Crippen LogP contribution is 2.33. The molecule has 0 amide bonds.